The molecule has 1 aromatic carbocycles. The fourth-order valence-corrected chi connectivity index (χ4v) is 2.07. The largest absolute Gasteiger partial charge is 0.508 e. The first kappa shape index (κ1) is 14.0. The molecule has 3 nitrogen and oxygen atoms in total. The van der Waals surface area contributed by atoms with E-state index in [0.717, 1.165) is 11.8 Å². The molecule has 0 radical (unpaired) electrons. The van der Waals surface area contributed by atoms with E-state index in [2.05, 4.69) is 35.1 Å². The Bertz CT molecular complexity index is 379. The molecule has 2 N–H and O–H groups in total. The number of nitrogens with one attached hydrogen (secondary N) is 1. The van der Waals surface area contributed by atoms with Crippen LogP contribution >= 0.6 is 15.9 Å². The van der Waals surface area contributed by atoms with Crippen LogP contribution in [0.4, 0.5) is 0 Å². The Morgan fingerprint density at radius 1 is 1.47 bits per heavy atom. The molecule has 1 atom stereocenters. The molecule has 94 valence electrons. The summed E-state index contributed by atoms with van der Waals surface area (Å²) in [6.45, 7) is 4.24. The van der Waals surface area contributed by atoms with E-state index in [-0.39, 0.29) is 17.7 Å². The maximum absolute atomic E-state index is 11.9. The minimum atomic E-state index is -0.147. The van der Waals surface area contributed by atoms with Crippen molar-refractivity contribution in [2.75, 3.05) is 5.33 Å². The zero-order valence-electron chi connectivity index (χ0n) is 10.1. The minimum absolute atomic E-state index is 0.108. The number of rotatable bonds is 5. The van der Waals surface area contributed by atoms with Gasteiger partial charge in [-0.15, -0.1) is 0 Å². The minimum Gasteiger partial charge on any atom is -0.508 e. The molecule has 0 aliphatic rings. The molecule has 0 saturated carbocycles. The van der Waals surface area contributed by atoms with E-state index in [0.29, 0.717) is 11.5 Å². The maximum atomic E-state index is 11.9. The van der Waals surface area contributed by atoms with Crippen LogP contribution < -0.4 is 5.32 Å². The highest BCUT2D eigenvalue weighted by atomic mass is 79.9. The predicted octanol–water partition coefficient (Wildman–Crippen LogP) is 2.93. The summed E-state index contributed by atoms with van der Waals surface area (Å²) in [5.74, 6) is 0.491. The van der Waals surface area contributed by atoms with E-state index >= 15 is 0 Å². The Morgan fingerprint density at radius 2 is 2.18 bits per heavy atom. The molecule has 4 heteroatoms. The average molecular weight is 300 g/mol. The normalized spacial score (nSPS) is 12.5. The highest BCUT2D eigenvalue weighted by Crippen LogP contribution is 2.12. The van der Waals surface area contributed by atoms with Crippen molar-refractivity contribution in [3.05, 3.63) is 29.8 Å². The third-order valence-electron chi connectivity index (χ3n) is 2.39. The second-order valence-corrected chi connectivity index (χ2v) is 5.15. The second-order valence-electron chi connectivity index (χ2n) is 4.50. The third kappa shape index (κ3) is 4.77. The number of aromatic hydroxyl groups is 1. The number of halogens is 1. The molecule has 0 spiro atoms. The zero-order chi connectivity index (χ0) is 12.8. The number of carbonyl (C=O) groups is 1. The first-order chi connectivity index (χ1) is 8.02. The van der Waals surface area contributed by atoms with Gasteiger partial charge in [0.1, 0.15) is 5.75 Å². The number of phenolic OH excluding ortho intramolecular Hbond substituents is 1. The summed E-state index contributed by atoms with van der Waals surface area (Å²) >= 11 is 3.40. The van der Waals surface area contributed by atoms with Gasteiger partial charge in [0, 0.05) is 16.9 Å². The number of carbonyl (C=O) groups excluding carboxylic acids is 1. The van der Waals surface area contributed by atoms with E-state index in [1.54, 1.807) is 18.2 Å². The third-order valence-corrected chi connectivity index (χ3v) is 3.17. The molecule has 0 aliphatic heterocycles. The van der Waals surface area contributed by atoms with Crippen molar-refractivity contribution < 1.29 is 9.90 Å². The zero-order valence-corrected chi connectivity index (χ0v) is 11.7. The van der Waals surface area contributed by atoms with Gasteiger partial charge in [0.2, 0.25) is 0 Å². The van der Waals surface area contributed by atoms with Crippen molar-refractivity contribution in [1.29, 1.82) is 0 Å². The first-order valence-corrected chi connectivity index (χ1v) is 6.81. The smallest absolute Gasteiger partial charge is 0.251 e. The average Bonchev–Trinajstić information content (AvgIpc) is 2.27. The topological polar surface area (TPSA) is 49.3 Å². The highest BCUT2D eigenvalue weighted by Gasteiger charge is 2.14. The van der Waals surface area contributed by atoms with Gasteiger partial charge in [0.05, 0.1) is 0 Å². The van der Waals surface area contributed by atoms with Crippen molar-refractivity contribution in [1.82, 2.24) is 5.32 Å². The number of phenols is 1. The van der Waals surface area contributed by atoms with Crippen LogP contribution in [0.3, 0.4) is 0 Å². The lowest BCUT2D eigenvalue weighted by atomic mass is 10.0. The molecule has 1 amide bonds. The predicted molar refractivity (Wildman–Crippen MR) is 72.6 cm³/mol. The van der Waals surface area contributed by atoms with Gasteiger partial charge in [-0.1, -0.05) is 35.8 Å². The summed E-state index contributed by atoms with van der Waals surface area (Å²) in [5.41, 5.74) is 0.486. The van der Waals surface area contributed by atoms with Crippen LogP contribution in [0.2, 0.25) is 0 Å². The molecule has 0 fully saturated rings. The Morgan fingerprint density at radius 3 is 2.71 bits per heavy atom. The van der Waals surface area contributed by atoms with Gasteiger partial charge in [-0.2, -0.15) is 0 Å². The van der Waals surface area contributed by atoms with Gasteiger partial charge in [0.15, 0.2) is 0 Å². The molecule has 0 heterocycles. The van der Waals surface area contributed by atoms with Crippen molar-refractivity contribution in [2.24, 2.45) is 5.92 Å². The van der Waals surface area contributed by atoms with Gasteiger partial charge in [-0.05, 0) is 30.5 Å². The number of hydrogen-bond donors (Lipinski definition) is 2. The fourth-order valence-electron chi connectivity index (χ4n) is 1.65. The van der Waals surface area contributed by atoms with Crippen LogP contribution in [-0.4, -0.2) is 22.4 Å². The summed E-state index contributed by atoms with van der Waals surface area (Å²) in [5, 5.41) is 13.0. The van der Waals surface area contributed by atoms with Gasteiger partial charge in [-0.3, -0.25) is 4.79 Å². The standard InChI is InChI=1S/C13H18BrNO2/c1-9(2)6-11(8-14)15-13(17)10-4-3-5-12(16)7-10/h3-5,7,9,11,16H,6,8H2,1-2H3,(H,15,17). The van der Waals surface area contributed by atoms with E-state index in [4.69, 9.17) is 0 Å². The second kappa shape index (κ2) is 6.64. The van der Waals surface area contributed by atoms with E-state index < -0.39 is 0 Å². The van der Waals surface area contributed by atoms with Crippen molar-refractivity contribution in [2.45, 2.75) is 26.3 Å². The van der Waals surface area contributed by atoms with Gasteiger partial charge in [0.25, 0.3) is 5.91 Å². The molecule has 1 unspecified atom stereocenters. The van der Waals surface area contributed by atoms with Crippen molar-refractivity contribution in [3.63, 3.8) is 0 Å². The molecule has 0 bridgehead atoms. The lowest BCUT2D eigenvalue weighted by molar-refractivity contribution is 0.0937. The monoisotopic (exact) mass is 299 g/mol. The number of alkyl halides is 1. The van der Waals surface area contributed by atoms with E-state index in [1.165, 1.54) is 6.07 Å². The molecule has 1 rings (SSSR count). The molecular weight excluding hydrogens is 282 g/mol. The van der Waals surface area contributed by atoms with E-state index in [1.807, 2.05) is 0 Å². The number of benzene rings is 1. The maximum Gasteiger partial charge on any atom is 0.251 e. The van der Waals surface area contributed by atoms with Crippen molar-refractivity contribution in [3.8, 4) is 5.75 Å². The Hall–Kier alpha value is -1.03. The molecule has 17 heavy (non-hydrogen) atoms. The molecule has 0 saturated heterocycles. The lowest BCUT2D eigenvalue weighted by Gasteiger charge is -2.18. The number of amides is 1. The van der Waals surface area contributed by atoms with Crippen LogP contribution in [0.5, 0.6) is 5.75 Å². The summed E-state index contributed by atoms with van der Waals surface area (Å²) in [6, 6.07) is 6.49. The lowest BCUT2D eigenvalue weighted by Crippen LogP contribution is -2.37. The van der Waals surface area contributed by atoms with Gasteiger partial charge >= 0.3 is 0 Å². The molecule has 1 aromatic rings. The highest BCUT2D eigenvalue weighted by molar-refractivity contribution is 9.09. The molecular formula is C13H18BrNO2. The van der Waals surface area contributed by atoms with Crippen LogP contribution in [0.15, 0.2) is 24.3 Å². The first-order valence-electron chi connectivity index (χ1n) is 5.68. The van der Waals surface area contributed by atoms with Crippen LogP contribution in [-0.2, 0) is 0 Å². The van der Waals surface area contributed by atoms with Crippen LogP contribution in [0, 0.1) is 5.92 Å². The summed E-state index contributed by atoms with van der Waals surface area (Å²) in [7, 11) is 0. The van der Waals surface area contributed by atoms with Gasteiger partial charge < -0.3 is 10.4 Å². The SMILES string of the molecule is CC(C)CC(CBr)NC(=O)c1cccc(O)c1. The summed E-state index contributed by atoms with van der Waals surface area (Å²) in [6.07, 6.45) is 0.926. The van der Waals surface area contributed by atoms with Crippen molar-refractivity contribution >= 4 is 21.8 Å². The van der Waals surface area contributed by atoms with Gasteiger partial charge in [-0.25, -0.2) is 0 Å². The number of hydrogen-bond acceptors (Lipinski definition) is 2. The van der Waals surface area contributed by atoms with Crippen LogP contribution in [0.25, 0.3) is 0 Å². The van der Waals surface area contributed by atoms with E-state index in [9.17, 15) is 9.90 Å². The Kier molecular flexibility index (Phi) is 5.48. The Labute approximate surface area is 110 Å². The molecule has 0 aliphatic carbocycles. The Balaban J connectivity index is 2.64. The van der Waals surface area contributed by atoms with Crippen LogP contribution in [0.1, 0.15) is 30.6 Å². The summed E-state index contributed by atoms with van der Waals surface area (Å²) < 4.78 is 0. The summed E-state index contributed by atoms with van der Waals surface area (Å²) in [4.78, 5) is 11.9. The molecule has 0 aromatic heterocycles. The quantitative estimate of drug-likeness (QED) is 0.821. The fraction of sp³-hybridized carbons (Fsp3) is 0.462.